The Bertz CT molecular complexity index is 1240. The lowest BCUT2D eigenvalue weighted by molar-refractivity contribution is 0.0962. The van der Waals surface area contributed by atoms with Crippen molar-refractivity contribution in [2.75, 3.05) is 12.4 Å². The Balaban J connectivity index is 1.71. The number of pyridine rings is 1. The molecule has 6 heteroatoms. The zero-order valence-electron chi connectivity index (χ0n) is 16.1. The quantitative estimate of drug-likeness (QED) is 0.483. The van der Waals surface area contributed by atoms with Crippen LogP contribution in [0, 0.1) is 0 Å². The molecule has 0 radical (unpaired) electrons. The first-order chi connectivity index (χ1) is 14.5. The lowest BCUT2D eigenvalue weighted by Crippen LogP contribution is -2.18. The van der Waals surface area contributed by atoms with Crippen LogP contribution >= 0.6 is 11.6 Å². The predicted octanol–water partition coefficient (Wildman–Crippen LogP) is 5.17. The summed E-state index contributed by atoms with van der Waals surface area (Å²) >= 11 is 6.00. The average Bonchev–Trinajstić information content (AvgIpc) is 2.78. The number of para-hydroxylation sites is 1. The smallest absolute Gasteiger partial charge is 0.256 e. The molecule has 1 aromatic heterocycles. The minimum Gasteiger partial charge on any atom is -0.355 e. The number of nitrogens with zero attached hydrogens (tertiary/aromatic N) is 1. The van der Waals surface area contributed by atoms with Gasteiger partial charge in [0.05, 0.1) is 16.8 Å². The minimum absolute atomic E-state index is 0.180. The Labute approximate surface area is 178 Å². The molecule has 0 aliphatic carbocycles. The van der Waals surface area contributed by atoms with Crippen molar-refractivity contribution in [2.45, 2.75) is 0 Å². The molecule has 0 spiro atoms. The number of hydrogen-bond donors (Lipinski definition) is 2. The van der Waals surface area contributed by atoms with Gasteiger partial charge in [-0.05, 0) is 48.5 Å². The highest BCUT2D eigenvalue weighted by Gasteiger charge is 2.14. The molecule has 148 valence electrons. The summed E-state index contributed by atoms with van der Waals surface area (Å²) in [6.45, 7) is 0. The van der Waals surface area contributed by atoms with Crippen molar-refractivity contribution in [3.05, 3.63) is 95.0 Å². The number of fused-ring (bicyclic) bond motifs is 1. The Hall–Kier alpha value is -3.70. The van der Waals surface area contributed by atoms with Gasteiger partial charge in [-0.2, -0.15) is 0 Å². The molecule has 0 bridgehead atoms. The summed E-state index contributed by atoms with van der Waals surface area (Å²) in [7, 11) is 1.57. The molecular formula is C24H18ClN3O2. The fourth-order valence-electron chi connectivity index (χ4n) is 3.18. The van der Waals surface area contributed by atoms with E-state index in [0.717, 1.165) is 16.5 Å². The molecule has 3 aromatic carbocycles. The van der Waals surface area contributed by atoms with Crippen molar-refractivity contribution in [1.82, 2.24) is 10.3 Å². The largest absolute Gasteiger partial charge is 0.355 e. The second kappa shape index (κ2) is 8.35. The van der Waals surface area contributed by atoms with Gasteiger partial charge in [0.15, 0.2) is 0 Å². The van der Waals surface area contributed by atoms with Crippen LogP contribution < -0.4 is 10.6 Å². The summed E-state index contributed by atoms with van der Waals surface area (Å²) < 4.78 is 0. The van der Waals surface area contributed by atoms with Crippen LogP contribution in [0.3, 0.4) is 0 Å². The highest BCUT2D eigenvalue weighted by Crippen LogP contribution is 2.26. The lowest BCUT2D eigenvalue weighted by atomic mass is 10.0. The predicted molar refractivity (Wildman–Crippen MR) is 120 cm³/mol. The standard InChI is InChI=1S/C24H18ClN3O2/c1-26-23(29)16-8-12-18(13-9-16)27-24(30)20-14-22(15-6-10-17(25)11-7-15)28-21-5-3-2-4-19(20)21/h2-14H,1H3,(H,26,29)(H,27,30). The zero-order chi connectivity index (χ0) is 21.1. The SMILES string of the molecule is CNC(=O)c1ccc(NC(=O)c2cc(-c3ccc(Cl)cc3)nc3ccccc23)cc1. The van der Waals surface area contributed by atoms with Gasteiger partial charge < -0.3 is 10.6 Å². The first kappa shape index (κ1) is 19.6. The number of halogens is 1. The third kappa shape index (κ3) is 4.02. The maximum atomic E-state index is 13.1. The summed E-state index contributed by atoms with van der Waals surface area (Å²) in [6.07, 6.45) is 0. The van der Waals surface area contributed by atoms with E-state index in [0.29, 0.717) is 27.5 Å². The maximum absolute atomic E-state index is 13.1. The van der Waals surface area contributed by atoms with Gasteiger partial charge in [-0.3, -0.25) is 9.59 Å². The second-order valence-corrected chi connectivity index (χ2v) is 7.13. The number of rotatable bonds is 4. The van der Waals surface area contributed by atoms with E-state index in [-0.39, 0.29) is 11.8 Å². The summed E-state index contributed by atoms with van der Waals surface area (Å²) in [5, 5.41) is 6.87. The second-order valence-electron chi connectivity index (χ2n) is 6.69. The van der Waals surface area contributed by atoms with Crippen LogP contribution in [0.5, 0.6) is 0 Å². The van der Waals surface area contributed by atoms with Gasteiger partial charge in [-0.25, -0.2) is 4.98 Å². The van der Waals surface area contributed by atoms with Crippen LogP contribution in [0.25, 0.3) is 22.2 Å². The number of hydrogen-bond acceptors (Lipinski definition) is 3. The number of carbonyl (C=O) groups is 2. The van der Waals surface area contributed by atoms with Crippen LogP contribution in [-0.4, -0.2) is 23.8 Å². The van der Waals surface area contributed by atoms with Gasteiger partial charge in [0.1, 0.15) is 0 Å². The van der Waals surface area contributed by atoms with Gasteiger partial charge in [0.2, 0.25) is 0 Å². The zero-order valence-corrected chi connectivity index (χ0v) is 16.9. The van der Waals surface area contributed by atoms with Gasteiger partial charge >= 0.3 is 0 Å². The molecule has 0 saturated carbocycles. The third-order valence-electron chi connectivity index (χ3n) is 4.73. The summed E-state index contributed by atoms with van der Waals surface area (Å²) in [5.74, 6) is -0.433. The summed E-state index contributed by atoms with van der Waals surface area (Å²) in [4.78, 5) is 29.5. The van der Waals surface area contributed by atoms with E-state index in [1.165, 1.54) is 0 Å². The number of anilines is 1. The van der Waals surface area contributed by atoms with E-state index in [1.807, 2.05) is 36.4 Å². The molecule has 0 unspecified atom stereocenters. The Kier molecular flexibility index (Phi) is 5.46. The van der Waals surface area contributed by atoms with E-state index < -0.39 is 0 Å². The lowest BCUT2D eigenvalue weighted by Gasteiger charge is -2.11. The van der Waals surface area contributed by atoms with E-state index in [4.69, 9.17) is 16.6 Å². The Morgan fingerprint density at radius 2 is 1.57 bits per heavy atom. The van der Waals surface area contributed by atoms with E-state index in [1.54, 1.807) is 49.5 Å². The molecule has 5 nitrogen and oxygen atoms in total. The normalized spacial score (nSPS) is 10.6. The third-order valence-corrected chi connectivity index (χ3v) is 4.98. The first-order valence-corrected chi connectivity index (χ1v) is 9.72. The number of carbonyl (C=O) groups excluding carboxylic acids is 2. The Morgan fingerprint density at radius 1 is 0.867 bits per heavy atom. The van der Waals surface area contributed by atoms with Crippen molar-refractivity contribution >= 4 is 40.0 Å². The molecule has 1 heterocycles. The van der Waals surface area contributed by atoms with Crippen LogP contribution in [0.15, 0.2) is 78.9 Å². The van der Waals surface area contributed by atoms with Crippen molar-refractivity contribution in [1.29, 1.82) is 0 Å². The topological polar surface area (TPSA) is 71.1 Å². The van der Waals surface area contributed by atoms with Gasteiger partial charge in [0.25, 0.3) is 11.8 Å². The molecular weight excluding hydrogens is 398 g/mol. The molecule has 4 aromatic rings. The highest BCUT2D eigenvalue weighted by atomic mass is 35.5. The molecule has 2 amide bonds. The monoisotopic (exact) mass is 415 g/mol. The van der Waals surface area contributed by atoms with Gasteiger partial charge in [-0.1, -0.05) is 41.9 Å². The molecule has 0 aliphatic heterocycles. The maximum Gasteiger partial charge on any atom is 0.256 e. The van der Waals surface area contributed by atoms with Gasteiger partial charge in [0, 0.05) is 34.3 Å². The number of aromatic nitrogens is 1. The first-order valence-electron chi connectivity index (χ1n) is 9.34. The fraction of sp³-hybridized carbons (Fsp3) is 0.0417. The van der Waals surface area contributed by atoms with Crippen LogP contribution in [0.2, 0.25) is 5.02 Å². The Morgan fingerprint density at radius 3 is 2.27 bits per heavy atom. The summed E-state index contributed by atoms with van der Waals surface area (Å²) in [5.41, 5.74) is 3.92. The highest BCUT2D eigenvalue weighted by molar-refractivity contribution is 6.30. The molecule has 0 fully saturated rings. The van der Waals surface area contributed by atoms with Crippen molar-refractivity contribution in [3.63, 3.8) is 0 Å². The van der Waals surface area contributed by atoms with E-state index >= 15 is 0 Å². The van der Waals surface area contributed by atoms with Crippen molar-refractivity contribution < 1.29 is 9.59 Å². The molecule has 4 rings (SSSR count). The number of amides is 2. The minimum atomic E-state index is -0.253. The van der Waals surface area contributed by atoms with E-state index in [2.05, 4.69) is 10.6 Å². The fourth-order valence-corrected chi connectivity index (χ4v) is 3.31. The molecule has 0 aliphatic rings. The molecule has 2 N–H and O–H groups in total. The molecule has 30 heavy (non-hydrogen) atoms. The van der Waals surface area contributed by atoms with Crippen molar-refractivity contribution in [3.8, 4) is 11.3 Å². The van der Waals surface area contributed by atoms with Crippen LogP contribution in [0.4, 0.5) is 5.69 Å². The van der Waals surface area contributed by atoms with Crippen molar-refractivity contribution in [2.24, 2.45) is 0 Å². The van der Waals surface area contributed by atoms with E-state index in [9.17, 15) is 9.59 Å². The van der Waals surface area contributed by atoms with Gasteiger partial charge in [-0.15, -0.1) is 0 Å². The molecule has 0 saturated heterocycles. The van der Waals surface area contributed by atoms with Crippen LogP contribution in [0.1, 0.15) is 20.7 Å². The molecule has 0 atom stereocenters. The van der Waals surface area contributed by atoms with Crippen LogP contribution in [-0.2, 0) is 0 Å². The number of benzene rings is 3. The summed E-state index contributed by atoms with van der Waals surface area (Å²) in [6, 6.07) is 23.4. The average molecular weight is 416 g/mol. The number of nitrogens with one attached hydrogen (secondary N) is 2.